The molecule has 1 unspecified atom stereocenters. The Morgan fingerprint density at radius 3 is 2.48 bits per heavy atom. The predicted octanol–water partition coefficient (Wildman–Crippen LogP) is 3.33. The van der Waals surface area contributed by atoms with E-state index in [-0.39, 0.29) is 36.1 Å². The summed E-state index contributed by atoms with van der Waals surface area (Å²) in [5.41, 5.74) is 2.64. The highest BCUT2D eigenvalue weighted by molar-refractivity contribution is 14.0. The summed E-state index contributed by atoms with van der Waals surface area (Å²) in [6.07, 6.45) is 3.83. The Hall–Kier alpha value is -0.860. The van der Waals surface area contributed by atoms with Crippen molar-refractivity contribution in [3.05, 3.63) is 35.4 Å². The summed E-state index contributed by atoms with van der Waals surface area (Å²) in [5.74, 6) is 0.883. The smallest absolute Gasteiger partial charge is 0.191 e. The Balaban J connectivity index is 0.00000364. The number of aliphatic imine (C=N–C) groups is 1. The fraction of sp³-hybridized carbons (Fsp3) is 0.667. The SMILES string of the molecule is CCNC(=NCCCN1CCC(O)CC1)NC(C)c1ccc(CC)cc1.I. The van der Waals surface area contributed by atoms with Gasteiger partial charge in [0.2, 0.25) is 0 Å². The van der Waals surface area contributed by atoms with Gasteiger partial charge in [0.05, 0.1) is 12.1 Å². The molecule has 0 radical (unpaired) electrons. The molecule has 6 heteroatoms. The van der Waals surface area contributed by atoms with Crippen molar-refractivity contribution in [2.45, 2.75) is 58.6 Å². The lowest BCUT2D eigenvalue weighted by atomic mass is 10.1. The predicted molar refractivity (Wildman–Crippen MR) is 125 cm³/mol. The van der Waals surface area contributed by atoms with E-state index in [2.05, 4.69) is 60.6 Å². The van der Waals surface area contributed by atoms with Gasteiger partial charge in [-0.3, -0.25) is 4.99 Å². The minimum Gasteiger partial charge on any atom is -0.393 e. The van der Waals surface area contributed by atoms with Crippen molar-refractivity contribution in [3.8, 4) is 0 Å². The van der Waals surface area contributed by atoms with Crippen molar-refractivity contribution in [2.75, 3.05) is 32.7 Å². The first-order valence-electron chi connectivity index (χ1n) is 10.2. The fourth-order valence-electron chi connectivity index (χ4n) is 3.28. The molecule has 0 amide bonds. The molecule has 3 N–H and O–H groups in total. The molecule has 0 aromatic heterocycles. The average molecular weight is 488 g/mol. The quantitative estimate of drug-likeness (QED) is 0.228. The summed E-state index contributed by atoms with van der Waals surface area (Å²) in [7, 11) is 0. The van der Waals surface area contributed by atoms with Gasteiger partial charge in [-0.15, -0.1) is 24.0 Å². The number of halogens is 1. The van der Waals surface area contributed by atoms with E-state index in [4.69, 9.17) is 4.99 Å². The molecule has 1 heterocycles. The van der Waals surface area contributed by atoms with Crippen LogP contribution in [0, 0.1) is 0 Å². The van der Waals surface area contributed by atoms with Crippen molar-refractivity contribution in [1.82, 2.24) is 15.5 Å². The number of aliphatic hydroxyl groups is 1. The largest absolute Gasteiger partial charge is 0.393 e. The lowest BCUT2D eigenvalue weighted by Gasteiger charge is -2.29. The number of guanidine groups is 1. The normalized spacial score (nSPS) is 17.3. The summed E-state index contributed by atoms with van der Waals surface area (Å²) < 4.78 is 0. The number of piperidine rings is 1. The number of hydrogen-bond donors (Lipinski definition) is 3. The van der Waals surface area contributed by atoms with E-state index in [9.17, 15) is 5.11 Å². The molecule has 1 aromatic carbocycles. The topological polar surface area (TPSA) is 59.9 Å². The van der Waals surface area contributed by atoms with Gasteiger partial charge in [-0.2, -0.15) is 0 Å². The molecule has 0 bridgehead atoms. The van der Waals surface area contributed by atoms with Crippen molar-refractivity contribution >= 4 is 29.9 Å². The van der Waals surface area contributed by atoms with Crippen LogP contribution >= 0.6 is 24.0 Å². The highest BCUT2D eigenvalue weighted by Crippen LogP contribution is 2.14. The Morgan fingerprint density at radius 1 is 1.22 bits per heavy atom. The molecule has 0 saturated carbocycles. The maximum atomic E-state index is 9.57. The number of hydrogen-bond acceptors (Lipinski definition) is 3. The third-order valence-electron chi connectivity index (χ3n) is 5.04. The van der Waals surface area contributed by atoms with Gasteiger partial charge in [-0.1, -0.05) is 31.2 Å². The fourth-order valence-corrected chi connectivity index (χ4v) is 3.28. The molecule has 1 aliphatic heterocycles. The maximum absolute atomic E-state index is 9.57. The van der Waals surface area contributed by atoms with E-state index in [1.165, 1.54) is 11.1 Å². The van der Waals surface area contributed by atoms with Crippen LogP contribution in [0.2, 0.25) is 0 Å². The van der Waals surface area contributed by atoms with Gasteiger partial charge in [0, 0.05) is 26.2 Å². The van der Waals surface area contributed by atoms with Crippen LogP contribution in [-0.2, 0) is 6.42 Å². The lowest BCUT2D eigenvalue weighted by Crippen LogP contribution is -2.39. The monoisotopic (exact) mass is 488 g/mol. The van der Waals surface area contributed by atoms with E-state index in [1.54, 1.807) is 0 Å². The van der Waals surface area contributed by atoms with Gasteiger partial charge >= 0.3 is 0 Å². The zero-order valence-corrected chi connectivity index (χ0v) is 19.4. The second-order valence-electron chi connectivity index (χ2n) is 7.15. The Bertz CT molecular complexity index is 542. The van der Waals surface area contributed by atoms with E-state index in [0.717, 1.165) is 64.4 Å². The van der Waals surface area contributed by atoms with E-state index in [0.29, 0.717) is 0 Å². The summed E-state index contributed by atoms with van der Waals surface area (Å²) in [5, 5.41) is 16.4. The Kier molecular flexibility index (Phi) is 11.9. The second kappa shape index (κ2) is 13.3. The first-order chi connectivity index (χ1) is 12.6. The van der Waals surface area contributed by atoms with Gasteiger partial charge in [-0.05, 0) is 57.2 Å². The lowest BCUT2D eigenvalue weighted by molar-refractivity contribution is 0.0824. The molecular formula is C21H37IN4O. The van der Waals surface area contributed by atoms with Crippen LogP contribution in [-0.4, -0.2) is 54.8 Å². The molecule has 154 valence electrons. The van der Waals surface area contributed by atoms with Crippen LogP contribution in [0.3, 0.4) is 0 Å². The van der Waals surface area contributed by atoms with Crippen LogP contribution in [0.1, 0.15) is 57.2 Å². The molecule has 27 heavy (non-hydrogen) atoms. The number of benzene rings is 1. The number of nitrogens with zero attached hydrogens (tertiary/aromatic N) is 2. The minimum atomic E-state index is -0.0956. The molecule has 0 aliphatic carbocycles. The van der Waals surface area contributed by atoms with Crippen LogP contribution in [0.5, 0.6) is 0 Å². The van der Waals surface area contributed by atoms with E-state index >= 15 is 0 Å². The van der Waals surface area contributed by atoms with Crippen LogP contribution < -0.4 is 10.6 Å². The zero-order valence-electron chi connectivity index (χ0n) is 17.1. The van der Waals surface area contributed by atoms with E-state index in [1.807, 2.05) is 0 Å². The van der Waals surface area contributed by atoms with Gasteiger partial charge in [0.15, 0.2) is 5.96 Å². The van der Waals surface area contributed by atoms with Crippen molar-refractivity contribution in [2.24, 2.45) is 4.99 Å². The van der Waals surface area contributed by atoms with Gasteiger partial charge < -0.3 is 20.6 Å². The molecule has 0 spiro atoms. The van der Waals surface area contributed by atoms with Crippen molar-refractivity contribution in [3.63, 3.8) is 0 Å². The minimum absolute atomic E-state index is 0. The van der Waals surface area contributed by atoms with Crippen LogP contribution in [0.15, 0.2) is 29.3 Å². The molecule has 1 aliphatic rings. The number of aryl methyl sites for hydroxylation is 1. The molecule has 1 saturated heterocycles. The number of likely N-dealkylation sites (tertiary alicyclic amines) is 1. The van der Waals surface area contributed by atoms with Crippen molar-refractivity contribution < 1.29 is 5.11 Å². The summed E-state index contributed by atoms with van der Waals surface area (Å²) in [4.78, 5) is 7.16. The molecule has 5 nitrogen and oxygen atoms in total. The van der Waals surface area contributed by atoms with Crippen LogP contribution in [0.4, 0.5) is 0 Å². The Labute approximate surface area is 182 Å². The highest BCUT2D eigenvalue weighted by atomic mass is 127. The number of rotatable bonds is 8. The maximum Gasteiger partial charge on any atom is 0.191 e. The third-order valence-corrected chi connectivity index (χ3v) is 5.04. The molecular weight excluding hydrogens is 451 g/mol. The Morgan fingerprint density at radius 2 is 1.89 bits per heavy atom. The van der Waals surface area contributed by atoms with Crippen molar-refractivity contribution in [1.29, 1.82) is 0 Å². The third kappa shape index (κ3) is 8.79. The molecule has 1 aromatic rings. The number of nitrogens with one attached hydrogen (secondary N) is 2. The summed E-state index contributed by atoms with van der Waals surface area (Å²) in [6.45, 7) is 11.2. The number of aliphatic hydroxyl groups excluding tert-OH is 1. The summed E-state index contributed by atoms with van der Waals surface area (Å²) in [6, 6.07) is 9.03. The van der Waals surface area contributed by atoms with Gasteiger partial charge in [0.1, 0.15) is 0 Å². The van der Waals surface area contributed by atoms with E-state index < -0.39 is 0 Å². The first-order valence-corrected chi connectivity index (χ1v) is 10.2. The first kappa shape index (κ1) is 24.2. The average Bonchev–Trinajstić information content (AvgIpc) is 2.66. The molecule has 1 atom stereocenters. The zero-order chi connectivity index (χ0) is 18.8. The molecule has 2 rings (SSSR count). The standard InChI is InChI=1S/C21H36N4O.HI/c1-4-18-7-9-19(10-8-18)17(3)24-21(22-5-2)23-13-6-14-25-15-11-20(26)12-16-25;/h7-10,17,20,26H,4-6,11-16H2,1-3H3,(H2,22,23,24);1H. The van der Waals surface area contributed by atoms with Gasteiger partial charge in [0.25, 0.3) is 0 Å². The second-order valence-corrected chi connectivity index (χ2v) is 7.15. The van der Waals surface area contributed by atoms with Crippen LogP contribution in [0.25, 0.3) is 0 Å². The highest BCUT2D eigenvalue weighted by Gasteiger charge is 2.16. The van der Waals surface area contributed by atoms with Gasteiger partial charge in [-0.25, -0.2) is 0 Å². The molecule has 1 fully saturated rings. The summed E-state index contributed by atoms with van der Waals surface area (Å²) >= 11 is 0.